The van der Waals surface area contributed by atoms with Crippen LogP contribution in [0.3, 0.4) is 0 Å². The maximum absolute atomic E-state index is 12.7. The van der Waals surface area contributed by atoms with Crippen molar-refractivity contribution in [1.29, 1.82) is 0 Å². The van der Waals surface area contributed by atoms with Crippen LogP contribution in [0.25, 0.3) is 11.2 Å². The molecular formula is C22H28N6O4. The summed E-state index contributed by atoms with van der Waals surface area (Å²) in [5, 5.41) is 0. The summed E-state index contributed by atoms with van der Waals surface area (Å²) in [6, 6.07) is 10.5. The average Bonchev–Trinajstić information content (AvgIpc) is 3.20. The monoisotopic (exact) mass is 440 g/mol. The third-order valence-corrected chi connectivity index (χ3v) is 6.02. The third kappa shape index (κ3) is 3.88. The molecule has 0 radical (unpaired) electrons. The fourth-order valence-electron chi connectivity index (χ4n) is 4.19. The number of piperazine rings is 1. The number of hydrogen-bond donors (Lipinski definition) is 0. The lowest BCUT2D eigenvalue weighted by molar-refractivity contribution is -0.131. The molecule has 10 nitrogen and oxygen atoms in total. The van der Waals surface area contributed by atoms with Crippen LogP contribution < -0.4 is 20.9 Å². The third-order valence-electron chi connectivity index (χ3n) is 6.02. The van der Waals surface area contributed by atoms with Gasteiger partial charge in [0.25, 0.3) is 11.6 Å². The molecular weight excluding hydrogens is 412 g/mol. The van der Waals surface area contributed by atoms with Crippen molar-refractivity contribution in [1.82, 2.24) is 23.6 Å². The van der Waals surface area contributed by atoms with Crippen LogP contribution in [0, 0.1) is 0 Å². The Bertz CT molecular complexity index is 1240. The summed E-state index contributed by atoms with van der Waals surface area (Å²) in [4.78, 5) is 46.1. The van der Waals surface area contributed by atoms with Crippen molar-refractivity contribution in [2.75, 3.05) is 38.2 Å². The molecule has 32 heavy (non-hydrogen) atoms. The zero-order valence-electron chi connectivity index (χ0n) is 18.7. The van der Waals surface area contributed by atoms with E-state index in [9.17, 15) is 14.4 Å². The SMILES string of the molecule is COc1nc2c(c(=O)n(C)c(=O)n2C)n1CCCC(=O)N1CCN(c2ccccc2)CC1. The Kier molecular flexibility index (Phi) is 6.02. The first kappa shape index (κ1) is 21.7. The van der Waals surface area contributed by atoms with Gasteiger partial charge in [-0.15, -0.1) is 0 Å². The normalized spacial score (nSPS) is 14.2. The van der Waals surface area contributed by atoms with E-state index < -0.39 is 11.2 Å². The number of imidazole rings is 1. The first-order valence-electron chi connectivity index (χ1n) is 10.7. The van der Waals surface area contributed by atoms with Crippen LogP contribution in [0.4, 0.5) is 5.69 Å². The second-order valence-corrected chi connectivity index (χ2v) is 7.94. The highest BCUT2D eigenvalue weighted by atomic mass is 16.5. The summed E-state index contributed by atoms with van der Waals surface area (Å²) in [5.74, 6) is 0.0985. The molecule has 0 aliphatic carbocycles. The highest BCUT2D eigenvalue weighted by molar-refractivity contribution is 5.76. The predicted molar refractivity (Wildman–Crippen MR) is 121 cm³/mol. The molecule has 1 amide bonds. The van der Waals surface area contributed by atoms with E-state index >= 15 is 0 Å². The minimum absolute atomic E-state index is 0.0985. The second kappa shape index (κ2) is 8.89. The van der Waals surface area contributed by atoms with Crippen molar-refractivity contribution in [2.24, 2.45) is 14.1 Å². The van der Waals surface area contributed by atoms with Crippen molar-refractivity contribution in [3.63, 3.8) is 0 Å². The van der Waals surface area contributed by atoms with Crippen LogP contribution in [-0.2, 0) is 25.4 Å². The van der Waals surface area contributed by atoms with Crippen LogP contribution >= 0.6 is 0 Å². The van der Waals surface area contributed by atoms with E-state index in [2.05, 4.69) is 22.0 Å². The summed E-state index contributed by atoms with van der Waals surface area (Å²) in [6.45, 7) is 3.38. The smallest absolute Gasteiger partial charge is 0.332 e. The molecule has 4 rings (SSSR count). The minimum atomic E-state index is -0.445. The molecule has 0 saturated carbocycles. The van der Waals surface area contributed by atoms with E-state index in [-0.39, 0.29) is 17.6 Å². The van der Waals surface area contributed by atoms with Gasteiger partial charge >= 0.3 is 5.69 Å². The van der Waals surface area contributed by atoms with Crippen molar-refractivity contribution in [3.8, 4) is 6.01 Å². The summed E-state index contributed by atoms with van der Waals surface area (Å²) in [7, 11) is 4.48. The summed E-state index contributed by atoms with van der Waals surface area (Å²) < 4.78 is 9.37. The summed E-state index contributed by atoms with van der Waals surface area (Å²) in [6.07, 6.45) is 0.895. The number of rotatable bonds is 6. The van der Waals surface area contributed by atoms with E-state index in [1.54, 1.807) is 11.6 Å². The predicted octanol–water partition coefficient (Wildman–Crippen LogP) is 0.571. The van der Waals surface area contributed by atoms with Crippen molar-refractivity contribution >= 4 is 22.8 Å². The number of carbonyl (C=O) groups is 1. The number of methoxy groups -OCH3 is 1. The molecule has 0 bridgehead atoms. The number of anilines is 1. The molecule has 1 aliphatic rings. The number of aromatic nitrogens is 4. The van der Waals surface area contributed by atoms with Crippen LogP contribution in [-0.4, -0.2) is 62.8 Å². The number of amides is 1. The van der Waals surface area contributed by atoms with Gasteiger partial charge in [0, 0.05) is 58.9 Å². The van der Waals surface area contributed by atoms with Gasteiger partial charge in [0.05, 0.1) is 7.11 Å². The number of aryl methyl sites for hydroxylation is 2. The molecule has 3 heterocycles. The number of nitrogens with zero attached hydrogens (tertiary/aromatic N) is 6. The summed E-state index contributed by atoms with van der Waals surface area (Å²) >= 11 is 0. The number of hydrogen-bond acceptors (Lipinski definition) is 6. The maximum Gasteiger partial charge on any atom is 0.332 e. The average molecular weight is 441 g/mol. The largest absolute Gasteiger partial charge is 0.468 e. The lowest BCUT2D eigenvalue weighted by Gasteiger charge is -2.36. The lowest BCUT2D eigenvalue weighted by atomic mass is 10.2. The molecule has 3 aromatic rings. The van der Waals surface area contributed by atoms with Crippen molar-refractivity contribution < 1.29 is 9.53 Å². The fraction of sp³-hybridized carbons (Fsp3) is 0.455. The number of ether oxygens (including phenoxy) is 1. The zero-order valence-corrected chi connectivity index (χ0v) is 18.7. The zero-order chi connectivity index (χ0) is 22.8. The number of para-hydroxylation sites is 1. The van der Waals surface area contributed by atoms with E-state index in [0.717, 1.165) is 17.7 Å². The molecule has 0 unspecified atom stereocenters. The van der Waals surface area contributed by atoms with Crippen LogP contribution in [0.15, 0.2) is 39.9 Å². The quantitative estimate of drug-likeness (QED) is 0.556. The van der Waals surface area contributed by atoms with Crippen LogP contribution in [0.1, 0.15) is 12.8 Å². The molecule has 0 spiro atoms. The Morgan fingerprint density at radius 2 is 1.72 bits per heavy atom. The molecule has 0 N–H and O–H groups in total. The standard InChI is InChI=1S/C22H28N6O4/c1-24-19-18(20(30)25(2)22(24)31)28(21(23-19)32-3)11-7-10-17(29)27-14-12-26(13-15-27)16-8-5-4-6-9-16/h4-6,8-9H,7,10-15H2,1-3H3. The summed E-state index contributed by atoms with van der Waals surface area (Å²) in [5.41, 5.74) is 0.880. The topological polar surface area (TPSA) is 94.6 Å². The van der Waals surface area contributed by atoms with Crippen molar-refractivity contribution in [2.45, 2.75) is 19.4 Å². The molecule has 10 heteroatoms. The van der Waals surface area contributed by atoms with E-state index in [4.69, 9.17) is 4.74 Å². The van der Waals surface area contributed by atoms with Gasteiger partial charge in [0.15, 0.2) is 11.2 Å². The van der Waals surface area contributed by atoms with Gasteiger partial charge in [0.1, 0.15) is 0 Å². The van der Waals surface area contributed by atoms with Gasteiger partial charge < -0.3 is 14.5 Å². The minimum Gasteiger partial charge on any atom is -0.468 e. The number of fused-ring (bicyclic) bond motifs is 1. The van der Waals surface area contributed by atoms with E-state index in [1.807, 2.05) is 23.1 Å². The molecule has 1 aliphatic heterocycles. The van der Waals surface area contributed by atoms with Gasteiger partial charge in [-0.1, -0.05) is 18.2 Å². The van der Waals surface area contributed by atoms with Crippen LogP contribution in [0.5, 0.6) is 6.01 Å². The molecule has 170 valence electrons. The first-order valence-corrected chi connectivity index (χ1v) is 10.7. The van der Waals surface area contributed by atoms with E-state index in [0.29, 0.717) is 38.0 Å². The Balaban J connectivity index is 1.41. The lowest BCUT2D eigenvalue weighted by Crippen LogP contribution is -2.48. The molecule has 1 aromatic carbocycles. The fourth-order valence-corrected chi connectivity index (χ4v) is 4.19. The van der Waals surface area contributed by atoms with Gasteiger partial charge in [-0.25, -0.2) is 4.79 Å². The Morgan fingerprint density at radius 3 is 2.38 bits per heavy atom. The maximum atomic E-state index is 12.7. The Labute approximate surface area is 185 Å². The second-order valence-electron chi connectivity index (χ2n) is 7.94. The Hall–Kier alpha value is -3.56. The molecule has 0 atom stereocenters. The Morgan fingerprint density at radius 1 is 1.03 bits per heavy atom. The first-order chi connectivity index (χ1) is 15.4. The van der Waals surface area contributed by atoms with Crippen LogP contribution in [0.2, 0.25) is 0 Å². The van der Waals surface area contributed by atoms with E-state index in [1.165, 1.54) is 24.4 Å². The highest BCUT2D eigenvalue weighted by Crippen LogP contribution is 2.19. The molecule has 2 aromatic heterocycles. The van der Waals surface area contributed by atoms with Gasteiger partial charge in [-0.3, -0.25) is 23.3 Å². The number of benzene rings is 1. The molecule has 1 fully saturated rings. The number of carbonyl (C=O) groups excluding carboxylic acids is 1. The highest BCUT2D eigenvalue weighted by Gasteiger charge is 2.22. The van der Waals surface area contributed by atoms with Gasteiger partial charge in [-0.05, 0) is 18.6 Å². The van der Waals surface area contributed by atoms with Crippen molar-refractivity contribution in [3.05, 3.63) is 51.2 Å². The molecule has 1 saturated heterocycles. The van der Waals surface area contributed by atoms with Gasteiger partial charge in [-0.2, -0.15) is 4.98 Å². The van der Waals surface area contributed by atoms with Gasteiger partial charge in [0.2, 0.25) is 5.91 Å².